The standard InChI is InChI=1S/C11H12BrF2NOS/c1-11(2,3)17(16)15-6-7-8(12)4-5-9(13)10(7)14/h4-6H,1-3H3. The first kappa shape index (κ1) is 14.6. The maximum absolute atomic E-state index is 13.4. The Morgan fingerprint density at radius 3 is 2.47 bits per heavy atom. The van der Waals surface area contributed by atoms with E-state index in [0.29, 0.717) is 4.47 Å². The van der Waals surface area contributed by atoms with Crippen molar-refractivity contribution in [1.29, 1.82) is 0 Å². The van der Waals surface area contributed by atoms with Crippen LogP contribution in [0.3, 0.4) is 0 Å². The van der Waals surface area contributed by atoms with Crippen molar-refractivity contribution < 1.29 is 13.3 Å². The summed E-state index contributed by atoms with van der Waals surface area (Å²) < 4.78 is 41.6. The van der Waals surface area contributed by atoms with Gasteiger partial charge in [-0.1, -0.05) is 20.3 Å². The molecule has 0 saturated heterocycles. The average molecular weight is 324 g/mol. The monoisotopic (exact) mass is 323 g/mol. The van der Waals surface area contributed by atoms with Crippen LogP contribution in [0.5, 0.6) is 0 Å². The van der Waals surface area contributed by atoms with E-state index < -0.39 is 27.7 Å². The van der Waals surface area contributed by atoms with Gasteiger partial charge in [-0.05, 0) is 32.9 Å². The average Bonchev–Trinajstić information content (AvgIpc) is 2.22. The Balaban J connectivity index is 3.04. The number of rotatable bonds is 2. The molecule has 0 aliphatic rings. The third-order valence-electron chi connectivity index (χ3n) is 1.88. The van der Waals surface area contributed by atoms with Crippen LogP contribution in [-0.2, 0) is 11.4 Å². The molecule has 0 aliphatic heterocycles. The lowest BCUT2D eigenvalue weighted by molar-refractivity contribution is 0.507. The fraction of sp³-hybridized carbons (Fsp3) is 0.364. The molecule has 94 valence electrons. The van der Waals surface area contributed by atoms with Gasteiger partial charge in [0, 0.05) is 4.47 Å². The molecule has 1 aromatic carbocycles. The van der Waals surface area contributed by atoms with Crippen molar-refractivity contribution in [2.45, 2.75) is 25.5 Å². The summed E-state index contributed by atoms with van der Waals surface area (Å²) >= 11 is 1.58. The van der Waals surface area contributed by atoms with E-state index in [9.17, 15) is 13.3 Å². The van der Waals surface area contributed by atoms with Gasteiger partial charge in [-0.2, -0.15) is 0 Å². The molecular formula is C11H12BrF2NOS. The van der Waals surface area contributed by atoms with Crippen LogP contribution in [0.1, 0.15) is 26.3 Å². The molecule has 0 heterocycles. The fourth-order valence-electron chi connectivity index (χ4n) is 0.920. The zero-order valence-electron chi connectivity index (χ0n) is 9.63. The molecule has 0 bridgehead atoms. The van der Waals surface area contributed by atoms with E-state index in [0.717, 1.165) is 12.3 Å². The van der Waals surface area contributed by atoms with E-state index in [-0.39, 0.29) is 5.56 Å². The normalized spacial score (nSPS) is 14.3. The summed E-state index contributed by atoms with van der Waals surface area (Å²) in [5, 5.41) is 0. The van der Waals surface area contributed by atoms with Crippen LogP contribution in [0.4, 0.5) is 8.78 Å². The quantitative estimate of drug-likeness (QED) is 0.465. The summed E-state index contributed by atoms with van der Waals surface area (Å²) in [6.45, 7) is 5.24. The molecule has 1 atom stereocenters. The van der Waals surface area contributed by atoms with Gasteiger partial charge in [0.1, 0.15) is 16.1 Å². The molecule has 0 aromatic heterocycles. The van der Waals surface area contributed by atoms with Crippen molar-refractivity contribution in [1.82, 2.24) is 0 Å². The number of hydrogen-bond acceptors (Lipinski definition) is 2. The van der Waals surface area contributed by atoms with Crippen LogP contribution >= 0.6 is 15.9 Å². The Hall–Kier alpha value is -0.460. The highest BCUT2D eigenvalue weighted by atomic mass is 79.9. The Morgan fingerprint density at radius 1 is 1.35 bits per heavy atom. The Bertz CT molecular complexity index is 446. The van der Waals surface area contributed by atoms with Crippen molar-refractivity contribution in [3.63, 3.8) is 0 Å². The molecule has 2 nitrogen and oxygen atoms in total. The second-order valence-corrected chi connectivity index (χ2v) is 7.14. The number of benzene rings is 1. The van der Waals surface area contributed by atoms with Crippen LogP contribution < -0.4 is 0 Å². The number of hydrogen-bond donors (Lipinski definition) is 0. The lowest BCUT2D eigenvalue weighted by Gasteiger charge is -2.17. The van der Waals surface area contributed by atoms with Crippen molar-refractivity contribution in [3.8, 4) is 0 Å². The third kappa shape index (κ3) is 3.76. The molecule has 0 radical (unpaired) electrons. The zero-order valence-corrected chi connectivity index (χ0v) is 12.0. The first-order valence-corrected chi connectivity index (χ1v) is 6.73. The van der Waals surface area contributed by atoms with Crippen molar-refractivity contribution in [2.24, 2.45) is 4.40 Å². The van der Waals surface area contributed by atoms with Gasteiger partial charge in [-0.15, -0.1) is 0 Å². The molecule has 17 heavy (non-hydrogen) atoms. The van der Waals surface area contributed by atoms with E-state index in [2.05, 4.69) is 20.3 Å². The molecule has 6 heteroatoms. The van der Waals surface area contributed by atoms with Crippen LogP contribution in [0.25, 0.3) is 0 Å². The van der Waals surface area contributed by atoms with Gasteiger partial charge < -0.3 is 4.55 Å². The molecule has 1 unspecified atom stereocenters. The summed E-state index contributed by atoms with van der Waals surface area (Å²) in [5.41, 5.74) is -0.0393. The predicted molar refractivity (Wildman–Crippen MR) is 69.5 cm³/mol. The highest BCUT2D eigenvalue weighted by Crippen LogP contribution is 2.22. The maximum Gasteiger partial charge on any atom is 0.168 e. The summed E-state index contributed by atoms with van der Waals surface area (Å²) in [6, 6.07) is 2.39. The Morgan fingerprint density at radius 2 is 1.94 bits per heavy atom. The lowest BCUT2D eigenvalue weighted by Crippen LogP contribution is -2.25. The summed E-state index contributed by atoms with van der Waals surface area (Å²) in [7, 11) is 0. The van der Waals surface area contributed by atoms with Gasteiger partial charge in [0.05, 0.1) is 11.8 Å². The highest BCUT2D eigenvalue weighted by Gasteiger charge is 2.26. The molecular weight excluding hydrogens is 312 g/mol. The second kappa shape index (κ2) is 5.46. The fourth-order valence-corrected chi connectivity index (χ4v) is 1.85. The highest BCUT2D eigenvalue weighted by molar-refractivity contribution is 9.10. The van der Waals surface area contributed by atoms with E-state index in [1.54, 1.807) is 20.8 Å². The summed E-state index contributed by atoms with van der Waals surface area (Å²) in [6.07, 6.45) is 1.09. The molecule has 1 aromatic rings. The molecule has 0 fully saturated rings. The Labute approximate surface area is 111 Å². The van der Waals surface area contributed by atoms with E-state index in [1.807, 2.05) is 0 Å². The van der Waals surface area contributed by atoms with E-state index in [1.165, 1.54) is 6.07 Å². The van der Waals surface area contributed by atoms with Crippen molar-refractivity contribution in [3.05, 3.63) is 33.8 Å². The largest absolute Gasteiger partial charge is 0.591 e. The van der Waals surface area contributed by atoms with Gasteiger partial charge in [0.15, 0.2) is 11.6 Å². The van der Waals surface area contributed by atoms with Crippen molar-refractivity contribution >= 4 is 33.5 Å². The predicted octanol–water partition coefficient (Wildman–Crippen LogP) is 3.61. The summed E-state index contributed by atoms with van der Waals surface area (Å²) in [5.74, 6) is -1.97. The van der Waals surface area contributed by atoms with Gasteiger partial charge in [0.25, 0.3) is 0 Å². The van der Waals surface area contributed by atoms with Gasteiger partial charge in [-0.3, -0.25) is 0 Å². The van der Waals surface area contributed by atoms with Crippen LogP contribution in [0, 0.1) is 11.6 Å². The number of halogens is 3. The van der Waals surface area contributed by atoms with Gasteiger partial charge in [-0.25, -0.2) is 8.78 Å². The first-order valence-electron chi connectivity index (χ1n) is 4.83. The minimum atomic E-state index is -1.50. The minimum Gasteiger partial charge on any atom is -0.591 e. The van der Waals surface area contributed by atoms with E-state index >= 15 is 0 Å². The Kier molecular flexibility index (Phi) is 4.69. The van der Waals surface area contributed by atoms with E-state index in [4.69, 9.17) is 0 Å². The molecule has 1 rings (SSSR count). The molecule has 0 aliphatic carbocycles. The lowest BCUT2D eigenvalue weighted by atomic mass is 10.2. The van der Waals surface area contributed by atoms with Crippen molar-refractivity contribution in [2.75, 3.05) is 0 Å². The smallest absolute Gasteiger partial charge is 0.168 e. The molecule has 0 spiro atoms. The molecule has 0 N–H and O–H groups in total. The summed E-state index contributed by atoms with van der Waals surface area (Å²) in [4.78, 5) is 0. The first-order chi connectivity index (χ1) is 7.73. The second-order valence-electron chi connectivity index (χ2n) is 4.35. The van der Waals surface area contributed by atoms with Crippen LogP contribution in [-0.4, -0.2) is 15.5 Å². The third-order valence-corrected chi connectivity index (χ3v) is 3.92. The topological polar surface area (TPSA) is 35.4 Å². The van der Waals surface area contributed by atoms with Crippen LogP contribution in [0.2, 0.25) is 0 Å². The maximum atomic E-state index is 13.4. The molecule has 0 saturated carbocycles. The van der Waals surface area contributed by atoms with Crippen LogP contribution in [0.15, 0.2) is 21.0 Å². The van der Waals surface area contributed by atoms with Gasteiger partial charge >= 0.3 is 0 Å². The van der Waals surface area contributed by atoms with Gasteiger partial charge in [0.2, 0.25) is 0 Å². The SMILES string of the molecule is CC(C)(C)[S+]([O-])N=Cc1c(Br)ccc(F)c1F. The minimum absolute atomic E-state index is 0.0393. The molecule has 0 amide bonds. The zero-order chi connectivity index (χ0) is 13.2. The number of nitrogens with zero attached hydrogens (tertiary/aromatic N) is 1.